The molecule has 0 aromatic carbocycles. The van der Waals surface area contributed by atoms with Crippen molar-refractivity contribution in [1.29, 1.82) is 0 Å². The predicted octanol–water partition coefficient (Wildman–Crippen LogP) is 3.54. The lowest BCUT2D eigenvalue weighted by Gasteiger charge is -2.17. The first-order valence-electron chi connectivity index (χ1n) is 4.94. The van der Waals surface area contributed by atoms with Crippen LogP contribution in [0.15, 0.2) is 25.5 Å². The standard InChI is InChI=1S/C10H11BrN4S2/c1-10(2,3)8-13-6(11)4-7(14-8)17-9-15-12-5-16-9/h4-5H,1-3H3. The van der Waals surface area contributed by atoms with Gasteiger partial charge in [-0.2, -0.15) is 0 Å². The molecule has 4 nitrogen and oxygen atoms in total. The predicted molar refractivity (Wildman–Crippen MR) is 72.5 cm³/mol. The third kappa shape index (κ3) is 3.46. The summed E-state index contributed by atoms with van der Waals surface area (Å²) in [6, 6.07) is 1.89. The molecule has 0 fully saturated rings. The van der Waals surface area contributed by atoms with E-state index in [2.05, 4.69) is 56.9 Å². The molecule has 0 saturated carbocycles. The molecule has 0 radical (unpaired) electrons. The lowest BCUT2D eigenvalue weighted by molar-refractivity contribution is 0.536. The monoisotopic (exact) mass is 330 g/mol. The van der Waals surface area contributed by atoms with Gasteiger partial charge < -0.3 is 0 Å². The van der Waals surface area contributed by atoms with Gasteiger partial charge in [0.15, 0.2) is 4.34 Å². The van der Waals surface area contributed by atoms with Gasteiger partial charge in [-0.05, 0) is 27.7 Å². The van der Waals surface area contributed by atoms with E-state index in [0.29, 0.717) is 0 Å². The first-order chi connectivity index (χ1) is 7.95. The van der Waals surface area contributed by atoms with Crippen molar-refractivity contribution < 1.29 is 0 Å². The van der Waals surface area contributed by atoms with Crippen molar-refractivity contribution in [3.8, 4) is 0 Å². The SMILES string of the molecule is CC(C)(C)c1nc(Br)cc(Sc2nncs2)n1. The molecule has 0 aliphatic carbocycles. The highest BCUT2D eigenvalue weighted by Gasteiger charge is 2.19. The van der Waals surface area contributed by atoms with Gasteiger partial charge in [0.05, 0.1) is 0 Å². The van der Waals surface area contributed by atoms with Crippen molar-refractivity contribution in [2.24, 2.45) is 0 Å². The molecule has 0 aliphatic heterocycles. The van der Waals surface area contributed by atoms with Gasteiger partial charge in [0.2, 0.25) is 0 Å². The third-order valence-corrected chi connectivity index (χ3v) is 3.98. The minimum absolute atomic E-state index is 0.0692. The minimum Gasteiger partial charge on any atom is -0.226 e. The van der Waals surface area contributed by atoms with E-state index in [1.165, 1.54) is 23.1 Å². The van der Waals surface area contributed by atoms with Gasteiger partial charge >= 0.3 is 0 Å². The third-order valence-electron chi connectivity index (χ3n) is 1.87. The molecule has 7 heteroatoms. The van der Waals surface area contributed by atoms with Gasteiger partial charge in [-0.15, -0.1) is 10.2 Å². The zero-order chi connectivity index (χ0) is 12.5. The van der Waals surface area contributed by atoms with Crippen LogP contribution in [0.2, 0.25) is 0 Å². The molecule has 0 saturated heterocycles. The summed E-state index contributed by atoms with van der Waals surface area (Å²) in [7, 11) is 0. The van der Waals surface area contributed by atoms with Crippen molar-refractivity contribution in [1.82, 2.24) is 20.2 Å². The largest absolute Gasteiger partial charge is 0.226 e. The Kier molecular flexibility index (Phi) is 3.79. The van der Waals surface area contributed by atoms with Crippen LogP contribution in [0.5, 0.6) is 0 Å². The number of rotatable bonds is 2. The van der Waals surface area contributed by atoms with Gasteiger partial charge in [0.25, 0.3) is 0 Å². The lowest BCUT2D eigenvalue weighted by atomic mass is 9.96. The zero-order valence-corrected chi connectivity index (χ0v) is 12.9. The fourth-order valence-electron chi connectivity index (χ4n) is 1.08. The average Bonchev–Trinajstić information content (AvgIpc) is 2.68. The Bertz CT molecular complexity index is 508. The van der Waals surface area contributed by atoms with Crippen LogP contribution < -0.4 is 0 Å². The zero-order valence-electron chi connectivity index (χ0n) is 9.64. The Hall–Kier alpha value is -0.530. The minimum atomic E-state index is -0.0692. The number of hydrogen-bond acceptors (Lipinski definition) is 6. The number of halogens is 1. The number of nitrogens with zero attached hydrogens (tertiary/aromatic N) is 4. The molecule has 0 unspecified atom stereocenters. The number of hydrogen-bond donors (Lipinski definition) is 0. The molecule has 2 aromatic heterocycles. The summed E-state index contributed by atoms with van der Waals surface area (Å²) in [5.41, 5.74) is 1.64. The molecule has 0 aliphatic rings. The van der Waals surface area contributed by atoms with E-state index in [4.69, 9.17) is 0 Å². The average molecular weight is 331 g/mol. The van der Waals surface area contributed by atoms with Crippen molar-refractivity contribution >= 4 is 39.0 Å². The summed E-state index contributed by atoms with van der Waals surface area (Å²) in [5, 5.41) is 8.68. The van der Waals surface area contributed by atoms with Gasteiger partial charge in [-0.3, -0.25) is 0 Å². The molecule has 0 spiro atoms. The molecule has 0 N–H and O–H groups in total. The Balaban J connectivity index is 2.32. The highest BCUT2D eigenvalue weighted by atomic mass is 79.9. The summed E-state index contributed by atoms with van der Waals surface area (Å²) in [6.07, 6.45) is 0. The maximum atomic E-state index is 4.54. The molecule has 2 rings (SSSR count). The molecule has 17 heavy (non-hydrogen) atoms. The Labute approximate surface area is 116 Å². The molecule has 90 valence electrons. The van der Waals surface area contributed by atoms with Gasteiger partial charge in [-0.25, -0.2) is 9.97 Å². The maximum absolute atomic E-state index is 4.54. The van der Waals surface area contributed by atoms with Crippen LogP contribution in [0.1, 0.15) is 26.6 Å². The summed E-state index contributed by atoms with van der Waals surface area (Å²) < 4.78 is 1.68. The first kappa shape index (κ1) is 12.9. The second-order valence-electron chi connectivity index (χ2n) is 4.41. The van der Waals surface area contributed by atoms with E-state index < -0.39 is 0 Å². The van der Waals surface area contributed by atoms with Crippen LogP contribution in [0, 0.1) is 0 Å². The number of aromatic nitrogens is 4. The smallest absolute Gasteiger partial charge is 0.180 e. The van der Waals surface area contributed by atoms with E-state index in [0.717, 1.165) is 19.8 Å². The van der Waals surface area contributed by atoms with Crippen LogP contribution in [0.3, 0.4) is 0 Å². The molecule has 2 heterocycles. The molecule has 0 bridgehead atoms. The summed E-state index contributed by atoms with van der Waals surface area (Å²) in [6.45, 7) is 6.27. The van der Waals surface area contributed by atoms with Gasteiger partial charge in [-0.1, -0.05) is 32.1 Å². The van der Waals surface area contributed by atoms with Gasteiger partial charge in [0, 0.05) is 11.5 Å². The molecular weight excluding hydrogens is 320 g/mol. The van der Waals surface area contributed by atoms with Gasteiger partial charge in [0.1, 0.15) is 21.0 Å². The van der Waals surface area contributed by atoms with Crippen molar-refractivity contribution in [3.05, 3.63) is 22.0 Å². The van der Waals surface area contributed by atoms with E-state index >= 15 is 0 Å². The topological polar surface area (TPSA) is 51.6 Å². The molecule has 0 atom stereocenters. The van der Waals surface area contributed by atoms with Crippen molar-refractivity contribution in [2.45, 2.75) is 35.6 Å². The van der Waals surface area contributed by atoms with Crippen LogP contribution in [0.4, 0.5) is 0 Å². The van der Waals surface area contributed by atoms with Crippen LogP contribution in [0.25, 0.3) is 0 Å². The summed E-state index contributed by atoms with van der Waals surface area (Å²) in [4.78, 5) is 8.93. The summed E-state index contributed by atoms with van der Waals surface area (Å²) in [5.74, 6) is 0.818. The second-order valence-corrected chi connectivity index (χ2v) is 7.32. The van der Waals surface area contributed by atoms with Crippen LogP contribution in [-0.2, 0) is 5.41 Å². The van der Waals surface area contributed by atoms with E-state index in [1.807, 2.05) is 6.07 Å². The highest BCUT2D eigenvalue weighted by Crippen LogP contribution is 2.30. The van der Waals surface area contributed by atoms with E-state index in [-0.39, 0.29) is 5.41 Å². The molecular formula is C10H11BrN4S2. The Morgan fingerprint density at radius 2 is 2.06 bits per heavy atom. The fraction of sp³-hybridized carbons (Fsp3) is 0.400. The maximum Gasteiger partial charge on any atom is 0.180 e. The van der Waals surface area contributed by atoms with Crippen LogP contribution >= 0.6 is 39.0 Å². The lowest BCUT2D eigenvalue weighted by Crippen LogP contribution is -2.16. The van der Waals surface area contributed by atoms with E-state index in [9.17, 15) is 0 Å². The highest BCUT2D eigenvalue weighted by molar-refractivity contribution is 9.10. The van der Waals surface area contributed by atoms with Crippen LogP contribution in [-0.4, -0.2) is 20.2 Å². The van der Waals surface area contributed by atoms with E-state index in [1.54, 1.807) is 5.51 Å². The second kappa shape index (κ2) is 4.99. The quantitative estimate of drug-likeness (QED) is 0.788. The molecule has 0 amide bonds. The Morgan fingerprint density at radius 3 is 2.65 bits per heavy atom. The Morgan fingerprint density at radius 1 is 1.29 bits per heavy atom. The summed E-state index contributed by atoms with van der Waals surface area (Å²) >= 11 is 6.42. The van der Waals surface area contributed by atoms with Crippen molar-refractivity contribution in [3.63, 3.8) is 0 Å². The molecule has 2 aromatic rings. The fourth-order valence-corrected chi connectivity index (χ4v) is 3.04. The first-order valence-corrected chi connectivity index (χ1v) is 7.43. The van der Waals surface area contributed by atoms with Crippen molar-refractivity contribution in [2.75, 3.05) is 0 Å². The normalized spacial score (nSPS) is 11.8.